The topological polar surface area (TPSA) is 84.4 Å². The molecular weight excluding hydrogens is 392 g/mol. The van der Waals surface area contributed by atoms with Gasteiger partial charge >= 0.3 is 0 Å². The molecule has 2 heterocycles. The molecule has 1 fully saturated rings. The van der Waals surface area contributed by atoms with E-state index in [0.29, 0.717) is 24.4 Å². The van der Waals surface area contributed by atoms with E-state index in [1.54, 1.807) is 14.2 Å². The number of ether oxygens (including phenoxy) is 2. The normalized spacial score (nSPS) is 13.2. The molecule has 31 heavy (non-hydrogen) atoms. The number of benzene rings is 2. The number of hydrogen-bond acceptors (Lipinski definition) is 8. The minimum atomic E-state index is 0.539. The van der Waals surface area contributed by atoms with Crippen molar-refractivity contribution in [3.8, 4) is 11.5 Å². The Morgan fingerprint density at radius 1 is 0.871 bits per heavy atom. The summed E-state index contributed by atoms with van der Waals surface area (Å²) in [7, 11) is 3.28. The zero-order chi connectivity index (χ0) is 21.5. The second kappa shape index (κ2) is 9.97. The summed E-state index contributed by atoms with van der Waals surface area (Å²) in [5.41, 5.74) is 2.08. The Balaban J connectivity index is 1.47. The maximum Gasteiger partial charge on any atom is 0.233 e. The van der Waals surface area contributed by atoms with Crippen LogP contribution >= 0.6 is 0 Å². The summed E-state index contributed by atoms with van der Waals surface area (Å²) in [6.45, 7) is 2.63. The van der Waals surface area contributed by atoms with Crippen LogP contribution in [0.4, 0.5) is 23.5 Å². The zero-order valence-electron chi connectivity index (χ0n) is 18.0. The molecule has 1 saturated heterocycles. The molecule has 0 aliphatic carbocycles. The summed E-state index contributed by atoms with van der Waals surface area (Å²) in [6.07, 6.45) is 3.12. The Labute approximate surface area is 182 Å². The summed E-state index contributed by atoms with van der Waals surface area (Å²) < 4.78 is 10.7. The fourth-order valence-corrected chi connectivity index (χ4v) is 3.56. The SMILES string of the molecule is COc1ccc(CCNc2nc(Nc3ccccc3)nc(N3CCCC3)n2)cc1OC. The third-order valence-electron chi connectivity index (χ3n) is 5.19. The molecule has 162 valence electrons. The molecule has 1 aliphatic rings. The van der Waals surface area contributed by atoms with Crippen LogP contribution in [-0.4, -0.2) is 48.8 Å². The summed E-state index contributed by atoms with van der Waals surface area (Å²) in [5, 5.41) is 6.63. The first-order valence-corrected chi connectivity index (χ1v) is 10.5. The van der Waals surface area contributed by atoms with Gasteiger partial charge in [0.1, 0.15) is 0 Å². The van der Waals surface area contributed by atoms with E-state index >= 15 is 0 Å². The average molecular weight is 421 g/mol. The van der Waals surface area contributed by atoms with Crippen molar-refractivity contribution >= 4 is 23.5 Å². The Hall–Kier alpha value is -3.55. The first-order valence-electron chi connectivity index (χ1n) is 10.5. The Morgan fingerprint density at radius 3 is 2.35 bits per heavy atom. The lowest BCUT2D eigenvalue weighted by atomic mass is 10.1. The molecule has 1 aromatic heterocycles. The van der Waals surface area contributed by atoms with Gasteiger partial charge in [0.25, 0.3) is 0 Å². The smallest absolute Gasteiger partial charge is 0.233 e. The summed E-state index contributed by atoms with van der Waals surface area (Å²) in [4.78, 5) is 16.1. The molecule has 0 saturated carbocycles. The van der Waals surface area contributed by atoms with Crippen LogP contribution in [0, 0.1) is 0 Å². The molecule has 8 heteroatoms. The second-order valence-corrected chi connectivity index (χ2v) is 7.33. The van der Waals surface area contributed by atoms with E-state index in [9.17, 15) is 0 Å². The fraction of sp³-hybridized carbons (Fsp3) is 0.348. The van der Waals surface area contributed by atoms with E-state index in [-0.39, 0.29) is 0 Å². The molecule has 2 aromatic carbocycles. The van der Waals surface area contributed by atoms with Gasteiger partial charge in [0.15, 0.2) is 11.5 Å². The van der Waals surface area contributed by atoms with Crippen LogP contribution in [0.2, 0.25) is 0 Å². The standard InChI is InChI=1S/C23H28N6O2/c1-30-19-11-10-17(16-20(19)31-2)12-13-24-21-26-22(25-18-8-4-3-5-9-18)28-23(27-21)29-14-6-7-15-29/h3-5,8-11,16H,6-7,12-15H2,1-2H3,(H2,24,25,26,27,28). The van der Waals surface area contributed by atoms with Gasteiger partial charge in [0.05, 0.1) is 14.2 Å². The number of nitrogens with one attached hydrogen (secondary N) is 2. The van der Waals surface area contributed by atoms with E-state index in [1.165, 1.54) is 0 Å². The van der Waals surface area contributed by atoms with Crippen LogP contribution in [0.5, 0.6) is 11.5 Å². The highest BCUT2D eigenvalue weighted by atomic mass is 16.5. The van der Waals surface area contributed by atoms with Gasteiger partial charge in [-0.1, -0.05) is 24.3 Å². The molecule has 8 nitrogen and oxygen atoms in total. The van der Waals surface area contributed by atoms with Crippen molar-refractivity contribution in [2.75, 3.05) is 49.4 Å². The Kier molecular flexibility index (Phi) is 6.66. The van der Waals surface area contributed by atoms with E-state index in [0.717, 1.165) is 55.1 Å². The third kappa shape index (κ3) is 5.33. The summed E-state index contributed by atoms with van der Waals surface area (Å²) in [5.74, 6) is 3.27. The number of hydrogen-bond donors (Lipinski definition) is 2. The van der Waals surface area contributed by atoms with Crippen LogP contribution in [0.15, 0.2) is 48.5 Å². The molecule has 0 spiro atoms. The van der Waals surface area contributed by atoms with Crippen molar-refractivity contribution in [1.29, 1.82) is 0 Å². The first-order chi connectivity index (χ1) is 15.2. The van der Waals surface area contributed by atoms with Gasteiger partial charge in [0.2, 0.25) is 17.8 Å². The van der Waals surface area contributed by atoms with Gasteiger partial charge in [-0.15, -0.1) is 0 Å². The predicted molar refractivity (Wildman–Crippen MR) is 123 cm³/mol. The lowest BCUT2D eigenvalue weighted by Gasteiger charge is -2.17. The minimum absolute atomic E-state index is 0.539. The van der Waals surface area contributed by atoms with E-state index in [2.05, 4.69) is 30.5 Å². The minimum Gasteiger partial charge on any atom is -0.493 e. The van der Waals surface area contributed by atoms with Crippen LogP contribution in [0.25, 0.3) is 0 Å². The molecule has 1 aliphatic heterocycles. The quantitative estimate of drug-likeness (QED) is 0.539. The lowest BCUT2D eigenvalue weighted by molar-refractivity contribution is 0.354. The third-order valence-corrected chi connectivity index (χ3v) is 5.19. The molecule has 0 amide bonds. The van der Waals surface area contributed by atoms with Gasteiger partial charge in [-0.3, -0.25) is 0 Å². The predicted octanol–water partition coefficient (Wildman–Crippen LogP) is 3.89. The largest absolute Gasteiger partial charge is 0.493 e. The fourth-order valence-electron chi connectivity index (χ4n) is 3.56. The van der Waals surface area contributed by atoms with Crippen molar-refractivity contribution in [3.63, 3.8) is 0 Å². The van der Waals surface area contributed by atoms with Gasteiger partial charge in [-0.2, -0.15) is 15.0 Å². The summed E-state index contributed by atoms with van der Waals surface area (Å²) >= 11 is 0. The Bertz CT molecular complexity index is 993. The maximum atomic E-state index is 5.39. The first kappa shape index (κ1) is 20.7. The van der Waals surface area contributed by atoms with E-state index in [4.69, 9.17) is 9.47 Å². The summed E-state index contributed by atoms with van der Waals surface area (Å²) in [6, 6.07) is 15.9. The molecule has 0 radical (unpaired) electrons. The van der Waals surface area contributed by atoms with Gasteiger partial charge in [-0.05, 0) is 49.1 Å². The second-order valence-electron chi connectivity index (χ2n) is 7.33. The average Bonchev–Trinajstić information content (AvgIpc) is 3.35. The molecule has 3 aromatic rings. The highest BCUT2D eigenvalue weighted by Gasteiger charge is 2.17. The van der Waals surface area contributed by atoms with Crippen molar-refractivity contribution in [1.82, 2.24) is 15.0 Å². The van der Waals surface area contributed by atoms with E-state index in [1.807, 2.05) is 48.5 Å². The van der Waals surface area contributed by atoms with Gasteiger partial charge < -0.3 is 25.0 Å². The van der Waals surface area contributed by atoms with Crippen LogP contribution in [0.3, 0.4) is 0 Å². The number of nitrogens with zero attached hydrogens (tertiary/aromatic N) is 4. The number of rotatable bonds is 9. The number of aromatic nitrogens is 3. The monoisotopic (exact) mass is 420 g/mol. The highest BCUT2D eigenvalue weighted by Crippen LogP contribution is 2.27. The molecular formula is C23H28N6O2. The number of anilines is 4. The number of para-hydroxylation sites is 1. The van der Waals surface area contributed by atoms with Crippen LogP contribution < -0.4 is 25.0 Å². The van der Waals surface area contributed by atoms with Crippen LogP contribution in [-0.2, 0) is 6.42 Å². The van der Waals surface area contributed by atoms with Crippen LogP contribution in [0.1, 0.15) is 18.4 Å². The van der Waals surface area contributed by atoms with Crippen molar-refractivity contribution in [2.45, 2.75) is 19.3 Å². The van der Waals surface area contributed by atoms with Crippen molar-refractivity contribution in [3.05, 3.63) is 54.1 Å². The van der Waals surface area contributed by atoms with Gasteiger partial charge in [-0.25, -0.2) is 0 Å². The highest BCUT2D eigenvalue weighted by molar-refractivity contribution is 5.55. The molecule has 4 rings (SSSR count). The molecule has 0 unspecified atom stereocenters. The van der Waals surface area contributed by atoms with Crippen molar-refractivity contribution in [2.24, 2.45) is 0 Å². The molecule has 0 bridgehead atoms. The van der Waals surface area contributed by atoms with Gasteiger partial charge in [0, 0.05) is 25.3 Å². The maximum absolute atomic E-state index is 5.39. The lowest BCUT2D eigenvalue weighted by Crippen LogP contribution is -2.22. The Morgan fingerprint density at radius 2 is 1.61 bits per heavy atom. The zero-order valence-corrected chi connectivity index (χ0v) is 18.0. The molecule has 2 N–H and O–H groups in total. The van der Waals surface area contributed by atoms with Crippen molar-refractivity contribution < 1.29 is 9.47 Å². The molecule has 0 atom stereocenters. The van der Waals surface area contributed by atoms with E-state index < -0.39 is 0 Å². The number of methoxy groups -OCH3 is 2.